The Morgan fingerprint density at radius 3 is 2.12 bits per heavy atom. The Balaban J connectivity index is 4.49. The highest BCUT2D eigenvalue weighted by Gasteiger charge is 2.56. The van der Waals surface area contributed by atoms with Gasteiger partial charge in [0.1, 0.15) is 0 Å². The molecule has 16 heavy (non-hydrogen) atoms. The second-order valence-electron chi connectivity index (χ2n) is 3.28. The lowest BCUT2D eigenvalue weighted by molar-refractivity contribution is -0.206. The smallest absolute Gasteiger partial charge is 0.417 e. The summed E-state index contributed by atoms with van der Waals surface area (Å²) in [6.07, 6.45) is -5.16. The molecule has 0 saturated heterocycles. The number of hydrogen-bond acceptors (Lipinski definition) is 3. The van der Waals surface area contributed by atoms with Crippen molar-refractivity contribution in [3.05, 3.63) is 0 Å². The minimum absolute atomic E-state index is 0.227. The quantitative estimate of drug-likeness (QED) is 0.639. The third kappa shape index (κ3) is 3.37. The Morgan fingerprint density at radius 1 is 1.31 bits per heavy atom. The Bertz CT molecular complexity index is 280. The summed E-state index contributed by atoms with van der Waals surface area (Å²) in [5.41, 5.74) is -3.04. The molecule has 0 aromatic rings. The van der Waals surface area contributed by atoms with E-state index in [1.165, 1.54) is 7.05 Å². The van der Waals surface area contributed by atoms with Crippen LogP contribution in [0.25, 0.3) is 0 Å². The molecule has 0 heterocycles. The molecule has 0 aromatic heterocycles. The molecule has 1 atom stereocenters. The van der Waals surface area contributed by atoms with Crippen LogP contribution in [0.2, 0.25) is 0 Å². The van der Waals surface area contributed by atoms with Gasteiger partial charge >= 0.3 is 12.1 Å². The van der Waals surface area contributed by atoms with Crippen LogP contribution in [0.1, 0.15) is 13.3 Å². The first-order valence-corrected chi connectivity index (χ1v) is 4.41. The van der Waals surface area contributed by atoms with Crippen LogP contribution in [0.3, 0.4) is 0 Å². The van der Waals surface area contributed by atoms with Crippen molar-refractivity contribution in [1.82, 2.24) is 10.6 Å². The van der Waals surface area contributed by atoms with E-state index >= 15 is 0 Å². The highest BCUT2D eigenvalue weighted by Crippen LogP contribution is 2.30. The number of carbonyl (C=O) groups excluding carboxylic acids is 1. The van der Waals surface area contributed by atoms with Crippen LogP contribution in [-0.4, -0.2) is 42.3 Å². The Kier molecular flexibility index (Phi) is 4.73. The van der Waals surface area contributed by atoms with Gasteiger partial charge in [-0.05, 0) is 6.92 Å². The van der Waals surface area contributed by atoms with Crippen molar-refractivity contribution >= 4 is 11.9 Å². The number of halogens is 3. The van der Waals surface area contributed by atoms with E-state index in [0.29, 0.717) is 6.92 Å². The molecule has 0 aliphatic carbocycles. The average Bonchev–Trinajstić information content (AvgIpc) is 2.15. The van der Waals surface area contributed by atoms with Crippen LogP contribution in [0.4, 0.5) is 13.2 Å². The van der Waals surface area contributed by atoms with Crippen molar-refractivity contribution in [2.45, 2.75) is 25.1 Å². The van der Waals surface area contributed by atoms with E-state index in [0.717, 1.165) is 0 Å². The molecule has 8 heteroatoms. The zero-order valence-corrected chi connectivity index (χ0v) is 8.81. The van der Waals surface area contributed by atoms with Crippen LogP contribution in [0, 0.1) is 0 Å². The fraction of sp³-hybridized carbons (Fsp3) is 0.750. The minimum Gasteiger partial charge on any atom is -0.480 e. The Labute approximate surface area is 90.0 Å². The summed E-state index contributed by atoms with van der Waals surface area (Å²) in [6.45, 7) is 0.140. The third-order valence-corrected chi connectivity index (χ3v) is 2.10. The molecule has 0 spiro atoms. The van der Waals surface area contributed by atoms with Gasteiger partial charge in [0.2, 0.25) is 11.4 Å². The number of carboxylic acid groups (broad SMARTS) is 1. The van der Waals surface area contributed by atoms with Crippen LogP contribution >= 0.6 is 0 Å². The second-order valence-corrected chi connectivity index (χ2v) is 3.28. The topological polar surface area (TPSA) is 78.4 Å². The summed E-state index contributed by atoms with van der Waals surface area (Å²) in [5.74, 6) is -2.50. The van der Waals surface area contributed by atoms with Gasteiger partial charge in [-0.2, -0.15) is 13.2 Å². The number of nitrogens with one attached hydrogen (secondary N) is 2. The fourth-order valence-electron chi connectivity index (χ4n) is 0.848. The molecule has 0 rings (SSSR count). The average molecular weight is 242 g/mol. The van der Waals surface area contributed by atoms with Crippen molar-refractivity contribution in [2.75, 3.05) is 13.6 Å². The highest BCUT2D eigenvalue weighted by atomic mass is 19.4. The zero-order chi connectivity index (χ0) is 13.0. The van der Waals surface area contributed by atoms with E-state index in [-0.39, 0.29) is 13.0 Å². The lowest BCUT2D eigenvalue weighted by Gasteiger charge is -2.28. The number of alkyl halides is 3. The molecule has 94 valence electrons. The predicted molar refractivity (Wildman–Crippen MR) is 48.8 cm³/mol. The molecule has 0 fully saturated rings. The van der Waals surface area contributed by atoms with Crippen LogP contribution in [-0.2, 0) is 9.59 Å². The Hall–Kier alpha value is -1.31. The van der Waals surface area contributed by atoms with E-state index in [1.54, 1.807) is 0 Å². The molecule has 0 aliphatic rings. The minimum atomic E-state index is -4.93. The van der Waals surface area contributed by atoms with Gasteiger partial charge in [-0.25, -0.2) is 4.79 Å². The van der Waals surface area contributed by atoms with Gasteiger partial charge in [0, 0.05) is 20.0 Å². The van der Waals surface area contributed by atoms with Gasteiger partial charge in [0.05, 0.1) is 0 Å². The number of rotatable bonds is 5. The summed E-state index contributed by atoms with van der Waals surface area (Å²) in [4.78, 5) is 21.3. The molecular formula is C8H13F3N2O3. The summed E-state index contributed by atoms with van der Waals surface area (Å²) in [5, 5.41) is 12.5. The van der Waals surface area contributed by atoms with Crippen LogP contribution in [0.15, 0.2) is 0 Å². The number of amides is 1. The van der Waals surface area contributed by atoms with Crippen molar-refractivity contribution in [3.8, 4) is 0 Å². The molecular weight excluding hydrogens is 229 g/mol. The zero-order valence-electron chi connectivity index (χ0n) is 8.81. The number of aliphatic carboxylic acids is 1. The molecule has 1 unspecified atom stereocenters. The van der Waals surface area contributed by atoms with Crippen LogP contribution < -0.4 is 10.6 Å². The third-order valence-electron chi connectivity index (χ3n) is 2.10. The van der Waals surface area contributed by atoms with Gasteiger partial charge in [0.15, 0.2) is 0 Å². The monoisotopic (exact) mass is 242 g/mol. The first-order valence-electron chi connectivity index (χ1n) is 4.41. The largest absolute Gasteiger partial charge is 0.480 e. The lowest BCUT2D eigenvalue weighted by Crippen LogP contribution is -2.60. The molecule has 0 saturated carbocycles. The maximum Gasteiger partial charge on any atom is 0.417 e. The maximum absolute atomic E-state index is 12.4. The molecule has 0 radical (unpaired) electrons. The van der Waals surface area contributed by atoms with Gasteiger partial charge in [-0.1, -0.05) is 0 Å². The summed E-state index contributed by atoms with van der Waals surface area (Å²) < 4.78 is 37.3. The number of carbonyl (C=O) groups is 2. The molecule has 1 amide bonds. The summed E-state index contributed by atoms with van der Waals surface area (Å²) in [7, 11) is 1.34. The Morgan fingerprint density at radius 2 is 1.81 bits per heavy atom. The molecule has 0 aromatic carbocycles. The molecule has 0 aliphatic heterocycles. The van der Waals surface area contributed by atoms with E-state index in [2.05, 4.69) is 5.32 Å². The van der Waals surface area contributed by atoms with Gasteiger partial charge in [0.25, 0.3) is 0 Å². The predicted octanol–water partition coefficient (Wildman–Crippen LogP) is 0.118. The van der Waals surface area contributed by atoms with E-state index < -0.39 is 23.6 Å². The first-order chi connectivity index (χ1) is 7.15. The second kappa shape index (κ2) is 5.15. The molecule has 5 nitrogen and oxygen atoms in total. The SMILES string of the molecule is CNC(=O)CCNC(C)(C(=O)O)C(F)(F)F. The normalized spacial score (nSPS) is 15.3. The van der Waals surface area contributed by atoms with Gasteiger partial charge < -0.3 is 10.4 Å². The van der Waals surface area contributed by atoms with Crippen molar-refractivity contribution in [2.24, 2.45) is 0 Å². The van der Waals surface area contributed by atoms with E-state index in [9.17, 15) is 22.8 Å². The highest BCUT2D eigenvalue weighted by molar-refractivity contribution is 5.80. The van der Waals surface area contributed by atoms with E-state index in [4.69, 9.17) is 5.11 Å². The van der Waals surface area contributed by atoms with E-state index in [1.807, 2.05) is 5.32 Å². The number of hydrogen-bond donors (Lipinski definition) is 3. The molecule has 0 bridgehead atoms. The van der Waals surface area contributed by atoms with Gasteiger partial charge in [-0.3, -0.25) is 10.1 Å². The fourth-order valence-corrected chi connectivity index (χ4v) is 0.848. The van der Waals surface area contributed by atoms with Crippen molar-refractivity contribution in [3.63, 3.8) is 0 Å². The van der Waals surface area contributed by atoms with Crippen LogP contribution in [0.5, 0.6) is 0 Å². The van der Waals surface area contributed by atoms with Crippen molar-refractivity contribution in [1.29, 1.82) is 0 Å². The lowest BCUT2D eigenvalue weighted by atomic mass is 10.0. The summed E-state index contributed by atoms with van der Waals surface area (Å²) >= 11 is 0. The van der Waals surface area contributed by atoms with Crippen molar-refractivity contribution < 1.29 is 27.9 Å². The van der Waals surface area contributed by atoms with Gasteiger partial charge in [-0.15, -0.1) is 0 Å². The first kappa shape index (κ1) is 14.7. The summed E-state index contributed by atoms with van der Waals surface area (Å²) in [6, 6.07) is 0. The molecule has 3 N–H and O–H groups in total. The number of carboxylic acids is 1. The standard InChI is InChI=1S/C8H13F3N2O3/c1-7(6(15)16,8(9,10)11)13-4-3-5(14)12-2/h13H,3-4H2,1-2H3,(H,12,14)(H,15,16). The maximum atomic E-state index is 12.4.